The standard InChI is InChI=1S/C15H16ClNO3S2/c1-8(2)7-17-14(19)13(22-15(17)21)5-9-4-12(20-3)11(18)6-10(9)16/h4-6,8,18H,7H2,1-3H3/b13-5-. The van der Waals surface area contributed by atoms with Gasteiger partial charge in [0.15, 0.2) is 11.5 Å². The normalized spacial score (nSPS) is 17.0. The van der Waals surface area contributed by atoms with Gasteiger partial charge in [0.1, 0.15) is 4.32 Å². The Hall–Kier alpha value is -1.24. The Bertz CT molecular complexity index is 658. The van der Waals surface area contributed by atoms with Gasteiger partial charge in [-0.1, -0.05) is 49.4 Å². The third-order valence-electron chi connectivity index (χ3n) is 3.01. The molecule has 22 heavy (non-hydrogen) atoms. The molecule has 118 valence electrons. The molecule has 1 amide bonds. The van der Waals surface area contributed by atoms with E-state index in [1.807, 2.05) is 13.8 Å². The minimum Gasteiger partial charge on any atom is -0.504 e. The molecular weight excluding hydrogens is 342 g/mol. The molecule has 0 saturated carbocycles. The zero-order valence-corrected chi connectivity index (χ0v) is 14.8. The van der Waals surface area contributed by atoms with E-state index in [1.165, 1.54) is 24.9 Å². The second kappa shape index (κ2) is 6.89. The number of rotatable bonds is 4. The fourth-order valence-corrected chi connectivity index (χ4v) is 3.47. The molecular formula is C15H16ClNO3S2. The van der Waals surface area contributed by atoms with Crippen LogP contribution in [-0.4, -0.2) is 33.9 Å². The maximum atomic E-state index is 12.4. The van der Waals surface area contributed by atoms with Crippen molar-refractivity contribution in [2.24, 2.45) is 5.92 Å². The van der Waals surface area contributed by atoms with Gasteiger partial charge in [0.05, 0.1) is 17.0 Å². The molecule has 0 spiro atoms. The molecule has 1 aromatic rings. The van der Waals surface area contributed by atoms with Crippen molar-refractivity contribution in [1.29, 1.82) is 0 Å². The van der Waals surface area contributed by atoms with E-state index in [1.54, 1.807) is 17.0 Å². The second-order valence-corrected chi connectivity index (χ2v) is 7.31. The van der Waals surface area contributed by atoms with Crippen LogP contribution in [0, 0.1) is 5.92 Å². The van der Waals surface area contributed by atoms with Gasteiger partial charge in [0.25, 0.3) is 5.91 Å². The number of nitrogens with zero attached hydrogens (tertiary/aromatic N) is 1. The van der Waals surface area contributed by atoms with Crippen molar-refractivity contribution in [3.63, 3.8) is 0 Å². The summed E-state index contributed by atoms with van der Waals surface area (Å²) in [5.41, 5.74) is 0.598. The summed E-state index contributed by atoms with van der Waals surface area (Å²) >= 11 is 12.6. The number of carbonyl (C=O) groups excluding carboxylic acids is 1. The van der Waals surface area contributed by atoms with Gasteiger partial charge in [-0.25, -0.2) is 0 Å². The molecule has 1 heterocycles. The van der Waals surface area contributed by atoms with Crippen LogP contribution >= 0.6 is 35.6 Å². The van der Waals surface area contributed by atoms with Crippen molar-refractivity contribution >= 4 is 51.9 Å². The van der Waals surface area contributed by atoms with Crippen LogP contribution < -0.4 is 4.74 Å². The lowest BCUT2D eigenvalue weighted by atomic mass is 10.1. The molecule has 1 aliphatic rings. The average molecular weight is 358 g/mol. The number of hydrogen-bond acceptors (Lipinski definition) is 5. The van der Waals surface area contributed by atoms with Gasteiger partial charge < -0.3 is 9.84 Å². The summed E-state index contributed by atoms with van der Waals surface area (Å²) in [6.45, 7) is 4.66. The van der Waals surface area contributed by atoms with Crippen LogP contribution in [0.25, 0.3) is 6.08 Å². The molecule has 1 aromatic carbocycles. The van der Waals surface area contributed by atoms with Crippen molar-refractivity contribution < 1.29 is 14.6 Å². The molecule has 1 saturated heterocycles. The Labute approximate surface area is 144 Å². The number of aromatic hydroxyl groups is 1. The first-order chi connectivity index (χ1) is 10.3. The van der Waals surface area contributed by atoms with Gasteiger partial charge >= 0.3 is 0 Å². The third-order valence-corrected chi connectivity index (χ3v) is 4.71. The topological polar surface area (TPSA) is 49.8 Å². The van der Waals surface area contributed by atoms with E-state index in [0.29, 0.717) is 38.0 Å². The van der Waals surface area contributed by atoms with Gasteiger partial charge in [0.2, 0.25) is 0 Å². The molecule has 0 bridgehead atoms. The first-order valence-corrected chi connectivity index (χ1v) is 8.25. The highest BCUT2D eigenvalue weighted by Crippen LogP contribution is 2.37. The molecule has 1 N–H and O–H groups in total. The maximum Gasteiger partial charge on any atom is 0.266 e. The van der Waals surface area contributed by atoms with Crippen LogP contribution in [0.4, 0.5) is 0 Å². The van der Waals surface area contributed by atoms with Crippen molar-refractivity contribution in [2.45, 2.75) is 13.8 Å². The van der Waals surface area contributed by atoms with Crippen LogP contribution in [0.2, 0.25) is 5.02 Å². The predicted molar refractivity (Wildman–Crippen MR) is 94.4 cm³/mol. The Morgan fingerprint density at radius 1 is 1.50 bits per heavy atom. The number of hydrogen-bond donors (Lipinski definition) is 1. The number of phenols is 1. The predicted octanol–water partition coefficient (Wildman–Crippen LogP) is 3.91. The van der Waals surface area contributed by atoms with Crippen LogP contribution in [-0.2, 0) is 4.79 Å². The van der Waals surface area contributed by atoms with E-state index in [-0.39, 0.29) is 11.7 Å². The molecule has 1 fully saturated rings. The fourth-order valence-electron chi connectivity index (χ4n) is 2.00. The van der Waals surface area contributed by atoms with E-state index in [2.05, 4.69) is 0 Å². The lowest BCUT2D eigenvalue weighted by molar-refractivity contribution is -0.122. The van der Waals surface area contributed by atoms with Gasteiger partial charge in [-0.05, 0) is 23.6 Å². The van der Waals surface area contributed by atoms with Gasteiger partial charge in [0, 0.05) is 12.6 Å². The molecule has 1 aliphatic heterocycles. The zero-order valence-electron chi connectivity index (χ0n) is 12.4. The highest BCUT2D eigenvalue weighted by molar-refractivity contribution is 8.26. The third kappa shape index (κ3) is 3.56. The average Bonchev–Trinajstić information content (AvgIpc) is 2.69. The summed E-state index contributed by atoms with van der Waals surface area (Å²) in [5.74, 6) is 0.469. The second-order valence-electron chi connectivity index (χ2n) is 5.23. The number of methoxy groups -OCH3 is 1. The van der Waals surface area contributed by atoms with E-state index in [4.69, 9.17) is 28.6 Å². The highest BCUT2D eigenvalue weighted by atomic mass is 35.5. The van der Waals surface area contributed by atoms with Gasteiger partial charge in [-0.15, -0.1) is 0 Å². The first-order valence-electron chi connectivity index (χ1n) is 6.65. The summed E-state index contributed by atoms with van der Waals surface area (Å²) in [7, 11) is 1.45. The Kier molecular flexibility index (Phi) is 5.36. The van der Waals surface area contributed by atoms with Crippen LogP contribution in [0.1, 0.15) is 19.4 Å². The van der Waals surface area contributed by atoms with Crippen molar-refractivity contribution in [1.82, 2.24) is 4.90 Å². The zero-order chi connectivity index (χ0) is 16.4. The molecule has 7 heteroatoms. The van der Waals surface area contributed by atoms with Crippen molar-refractivity contribution in [3.05, 3.63) is 27.6 Å². The molecule has 0 aliphatic carbocycles. The Morgan fingerprint density at radius 2 is 2.18 bits per heavy atom. The summed E-state index contributed by atoms with van der Waals surface area (Å²) in [6, 6.07) is 2.98. The Morgan fingerprint density at radius 3 is 2.77 bits per heavy atom. The number of carbonyl (C=O) groups is 1. The number of amides is 1. The van der Waals surface area contributed by atoms with Crippen LogP contribution in [0.5, 0.6) is 11.5 Å². The monoisotopic (exact) mass is 357 g/mol. The van der Waals surface area contributed by atoms with Gasteiger partial charge in [-0.2, -0.15) is 0 Å². The fraction of sp³-hybridized carbons (Fsp3) is 0.333. The molecule has 0 unspecified atom stereocenters. The largest absolute Gasteiger partial charge is 0.504 e. The number of thioether (sulfide) groups is 1. The van der Waals surface area contributed by atoms with E-state index < -0.39 is 0 Å². The van der Waals surface area contributed by atoms with E-state index in [0.717, 1.165) is 0 Å². The molecule has 4 nitrogen and oxygen atoms in total. The molecule has 0 atom stereocenters. The lowest BCUT2D eigenvalue weighted by Gasteiger charge is -2.16. The quantitative estimate of drug-likeness (QED) is 0.654. The maximum absolute atomic E-state index is 12.4. The van der Waals surface area contributed by atoms with Crippen LogP contribution in [0.15, 0.2) is 17.0 Å². The minimum absolute atomic E-state index is 0.0444. The SMILES string of the molecule is COc1cc(/C=C2\SC(=S)N(CC(C)C)C2=O)c(Cl)cc1O. The summed E-state index contributed by atoms with van der Waals surface area (Å²) in [6.07, 6.45) is 1.67. The molecule has 0 radical (unpaired) electrons. The molecule has 0 aromatic heterocycles. The van der Waals surface area contributed by atoms with E-state index in [9.17, 15) is 9.90 Å². The summed E-state index contributed by atoms with van der Waals surface area (Å²) in [4.78, 5) is 14.5. The number of thiocarbonyl (C=S) groups is 1. The highest BCUT2D eigenvalue weighted by Gasteiger charge is 2.32. The number of ether oxygens (including phenoxy) is 1. The minimum atomic E-state index is -0.119. The number of phenolic OH excluding ortho intramolecular Hbond substituents is 1. The first kappa shape index (κ1) is 17.1. The summed E-state index contributed by atoms with van der Waals surface area (Å²) in [5, 5.41) is 10.0. The van der Waals surface area contributed by atoms with E-state index >= 15 is 0 Å². The number of benzene rings is 1. The summed E-state index contributed by atoms with van der Waals surface area (Å²) < 4.78 is 5.61. The van der Waals surface area contributed by atoms with Crippen molar-refractivity contribution in [3.8, 4) is 11.5 Å². The molecule has 2 rings (SSSR count). The smallest absolute Gasteiger partial charge is 0.266 e. The van der Waals surface area contributed by atoms with Gasteiger partial charge in [-0.3, -0.25) is 9.69 Å². The Balaban J connectivity index is 2.34. The van der Waals surface area contributed by atoms with Crippen molar-refractivity contribution in [2.75, 3.05) is 13.7 Å². The lowest BCUT2D eigenvalue weighted by Crippen LogP contribution is -2.31. The number of halogens is 1. The van der Waals surface area contributed by atoms with Crippen LogP contribution in [0.3, 0.4) is 0 Å².